The Labute approximate surface area is 273 Å². The highest BCUT2D eigenvalue weighted by Crippen LogP contribution is 2.40. The Bertz CT molecular complexity index is 1610. The molecule has 0 saturated carbocycles. The van der Waals surface area contributed by atoms with Crippen molar-refractivity contribution >= 4 is 29.4 Å². The number of thioether (sulfide) groups is 1. The molecule has 8 nitrogen and oxygen atoms in total. The average Bonchev–Trinajstić information content (AvgIpc) is 3.09. The first-order valence-corrected chi connectivity index (χ1v) is 16.1. The zero-order valence-corrected chi connectivity index (χ0v) is 26.5. The number of hydrogen-bond donors (Lipinski definition) is 3. The third-order valence-corrected chi connectivity index (χ3v) is 8.64. The van der Waals surface area contributed by atoms with E-state index in [1.54, 1.807) is 11.8 Å². The number of anilines is 1. The van der Waals surface area contributed by atoms with Crippen LogP contribution in [0.5, 0.6) is 0 Å². The third-order valence-electron chi connectivity index (χ3n) is 7.49. The molecule has 46 heavy (non-hydrogen) atoms. The molecule has 3 atom stereocenters. The third kappa shape index (κ3) is 9.08. The second-order valence-corrected chi connectivity index (χ2v) is 12.0. The maximum atomic E-state index is 12.0. The van der Waals surface area contributed by atoms with E-state index >= 15 is 0 Å². The van der Waals surface area contributed by atoms with Crippen molar-refractivity contribution in [1.29, 1.82) is 0 Å². The van der Waals surface area contributed by atoms with Crippen molar-refractivity contribution in [3.8, 4) is 11.1 Å². The Balaban J connectivity index is 1.31. The van der Waals surface area contributed by atoms with Crippen LogP contribution in [0, 0.1) is 0 Å². The van der Waals surface area contributed by atoms with Gasteiger partial charge in [0.15, 0.2) is 6.29 Å². The summed E-state index contributed by atoms with van der Waals surface area (Å²) in [5, 5.41) is 15.1. The van der Waals surface area contributed by atoms with E-state index in [9.17, 15) is 14.7 Å². The lowest BCUT2D eigenvalue weighted by Gasteiger charge is -2.36. The number of aliphatic hydroxyl groups is 1. The molecule has 0 aromatic heterocycles. The molecule has 1 heterocycles. The Hall–Kier alpha value is -4.41. The van der Waals surface area contributed by atoms with Gasteiger partial charge in [0, 0.05) is 41.8 Å². The molecule has 0 spiro atoms. The lowest BCUT2D eigenvalue weighted by molar-refractivity contribution is -0.245. The summed E-state index contributed by atoms with van der Waals surface area (Å²) in [4.78, 5) is 24.4. The van der Waals surface area contributed by atoms with Crippen LogP contribution in [0.15, 0.2) is 115 Å². The molecule has 0 aliphatic carbocycles. The molecule has 4 aromatic carbocycles. The maximum Gasteiger partial charge on any atom is 0.407 e. The molecule has 9 heteroatoms. The van der Waals surface area contributed by atoms with Crippen LogP contribution in [0.25, 0.3) is 11.1 Å². The lowest BCUT2D eigenvalue weighted by atomic mass is 9.98. The van der Waals surface area contributed by atoms with Gasteiger partial charge in [-0.1, -0.05) is 85.5 Å². The second-order valence-electron chi connectivity index (χ2n) is 10.9. The first-order valence-electron chi connectivity index (χ1n) is 15.1. The van der Waals surface area contributed by atoms with Gasteiger partial charge in [0.1, 0.15) is 6.61 Å². The van der Waals surface area contributed by atoms with E-state index in [0.29, 0.717) is 13.0 Å². The van der Waals surface area contributed by atoms with Crippen LogP contribution in [0.1, 0.15) is 48.0 Å². The Morgan fingerprint density at radius 1 is 0.957 bits per heavy atom. The molecule has 1 saturated heterocycles. The molecule has 0 radical (unpaired) electrons. The van der Waals surface area contributed by atoms with E-state index in [1.165, 1.54) is 13.0 Å². The van der Waals surface area contributed by atoms with Gasteiger partial charge in [0.25, 0.3) is 0 Å². The number of carbonyl (C=O) groups excluding carboxylic acids is 2. The number of alkyl carbamates (subject to hydrolysis) is 1. The smallest absolute Gasteiger partial charge is 0.407 e. The number of amides is 2. The largest absolute Gasteiger partial charge is 0.445 e. The molecule has 3 unspecified atom stereocenters. The number of ether oxygens (including phenoxy) is 3. The van der Waals surface area contributed by atoms with E-state index in [2.05, 4.69) is 17.2 Å². The minimum absolute atomic E-state index is 0.0114. The number of rotatable bonds is 12. The number of carbonyl (C=O) groups is 2. The van der Waals surface area contributed by atoms with Gasteiger partial charge in [0.2, 0.25) is 5.91 Å². The highest BCUT2D eigenvalue weighted by atomic mass is 32.2. The molecule has 1 aliphatic heterocycles. The molecule has 1 aliphatic rings. The van der Waals surface area contributed by atoms with Gasteiger partial charge in [-0.15, -0.1) is 11.8 Å². The van der Waals surface area contributed by atoms with E-state index in [1.807, 2.05) is 97.1 Å². The number of benzene rings is 4. The minimum atomic E-state index is -0.574. The van der Waals surface area contributed by atoms with Crippen molar-refractivity contribution in [2.45, 2.75) is 49.9 Å². The van der Waals surface area contributed by atoms with Gasteiger partial charge in [-0.3, -0.25) is 4.79 Å². The van der Waals surface area contributed by atoms with Gasteiger partial charge in [-0.25, -0.2) is 4.79 Å². The lowest BCUT2D eigenvalue weighted by Crippen LogP contribution is -2.31. The zero-order valence-electron chi connectivity index (χ0n) is 25.7. The van der Waals surface area contributed by atoms with Crippen molar-refractivity contribution in [2.75, 3.05) is 17.7 Å². The SMILES string of the molecule is C=CCOC(=O)NCc1ccccc1-c1ccc(C2OC(CSc3ccc(NC(C)=O)cc3)CC(c3ccc(CO)cc3)O2)cc1. The van der Waals surface area contributed by atoms with E-state index in [4.69, 9.17) is 14.2 Å². The van der Waals surface area contributed by atoms with Crippen molar-refractivity contribution in [2.24, 2.45) is 0 Å². The molecule has 1 fully saturated rings. The van der Waals surface area contributed by atoms with Gasteiger partial charge in [0.05, 0.1) is 18.8 Å². The number of hydrogen-bond acceptors (Lipinski definition) is 7. The Morgan fingerprint density at radius 3 is 2.37 bits per heavy atom. The summed E-state index contributed by atoms with van der Waals surface area (Å²) in [5.41, 5.74) is 6.51. The van der Waals surface area contributed by atoms with Gasteiger partial charge < -0.3 is 30.0 Å². The number of aliphatic hydroxyl groups excluding tert-OH is 1. The molecule has 2 amide bonds. The summed E-state index contributed by atoms with van der Waals surface area (Å²) in [5.74, 6) is 0.619. The van der Waals surface area contributed by atoms with Crippen LogP contribution in [0.4, 0.5) is 10.5 Å². The fourth-order valence-electron chi connectivity index (χ4n) is 5.18. The van der Waals surface area contributed by atoms with Crippen LogP contribution in [0.3, 0.4) is 0 Å². The first-order chi connectivity index (χ1) is 22.4. The van der Waals surface area contributed by atoms with Crippen LogP contribution in [0.2, 0.25) is 0 Å². The Morgan fingerprint density at radius 2 is 1.67 bits per heavy atom. The molecular weight excluding hydrogens is 600 g/mol. The summed E-state index contributed by atoms with van der Waals surface area (Å²) < 4.78 is 18.1. The molecule has 3 N–H and O–H groups in total. The summed E-state index contributed by atoms with van der Waals surface area (Å²) in [6, 6.07) is 31.7. The summed E-state index contributed by atoms with van der Waals surface area (Å²) in [7, 11) is 0. The summed E-state index contributed by atoms with van der Waals surface area (Å²) >= 11 is 1.70. The summed E-state index contributed by atoms with van der Waals surface area (Å²) in [6.45, 7) is 5.53. The van der Waals surface area contributed by atoms with Crippen molar-refractivity contribution < 1.29 is 28.9 Å². The second kappa shape index (κ2) is 16.2. The highest BCUT2D eigenvalue weighted by Gasteiger charge is 2.32. The van der Waals surface area contributed by atoms with Crippen LogP contribution < -0.4 is 10.6 Å². The maximum absolute atomic E-state index is 12.0. The topological polar surface area (TPSA) is 106 Å². The fraction of sp³-hybridized carbons (Fsp3) is 0.243. The monoisotopic (exact) mass is 638 g/mol. The van der Waals surface area contributed by atoms with Gasteiger partial charge >= 0.3 is 6.09 Å². The van der Waals surface area contributed by atoms with Gasteiger partial charge in [-0.2, -0.15) is 0 Å². The van der Waals surface area contributed by atoms with Crippen LogP contribution in [-0.2, 0) is 32.2 Å². The van der Waals surface area contributed by atoms with E-state index < -0.39 is 12.4 Å². The Kier molecular flexibility index (Phi) is 11.6. The molecular formula is C37H38N2O6S. The van der Waals surface area contributed by atoms with Crippen LogP contribution >= 0.6 is 11.8 Å². The predicted molar refractivity (Wildman–Crippen MR) is 180 cm³/mol. The highest BCUT2D eigenvalue weighted by molar-refractivity contribution is 7.99. The van der Waals surface area contributed by atoms with E-state index in [-0.39, 0.29) is 31.3 Å². The van der Waals surface area contributed by atoms with Crippen LogP contribution in [-0.4, -0.2) is 35.6 Å². The van der Waals surface area contributed by atoms with Crippen molar-refractivity contribution in [1.82, 2.24) is 5.32 Å². The minimum Gasteiger partial charge on any atom is -0.445 e. The molecule has 238 valence electrons. The fourth-order valence-corrected chi connectivity index (χ4v) is 6.10. The standard InChI is InChI=1S/C37H38N2O6S/c1-3-20-43-37(42)38-22-30-6-4-5-7-34(30)27-12-14-29(15-13-27)36-44-32(21-35(45-36)28-10-8-26(23-40)9-11-28)24-46-33-18-16-31(17-19-33)39-25(2)41/h3-19,32,35-36,40H,1,20-24H2,2H3,(H,38,42)(H,39,41). The zero-order chi connectivity index (χ0) is 32.3. The number of nitrogens with one attached hydrogen (secondary N) is 2. The normalized spacial score (nSPS) is 17.6. The van der Waals surface area contributed by atoms with Gasteiger partial charge in [-0.05, 0) is 52.1 Å². The van der Waals surface area contributed by atoms with Crippen molar-refractivity contribution in [3.05, 3.63) is 132 Å². The molecule has 4 aromatic rings. The average molecular weight is 639 g/mol. The molecule has 5 rings (SSSR count). The van der Waals surface area contributed by atoms with Crippen molar-refractivity contribution in [3.63, 3.8) is 0 Å². The summed E-state index contributed by atoms with van der Waals surface area (Å²) in [6.07, 6.45) is 0.862. The quantitative estimate of drug-likeness (QED) is 0.109. The first kappa shape index (κ1) is 33.0. The predicted octanol–water partition coefficient (Wildman–Crippen LogP) is 7.55. The van der Waals surface area contributed by atoms with E-state index in [0.717, 1.165) is 49.7 Å². The molecule has 0 bridgehead atoms.